The lowest BCUT2D eigenvalue weighted by molar-refractivity contribution is 0.0690. The molecule has 7 nitrogen and oxygen atoms in total. The monoisotopic (exact) mass is 304 g/mol. The van der Waals surface area contributed by atoms with E-state index in [0.29, 0.717) is 25.3 Å². The van der Waals surface area contributed by atoms with Crippen LogP contribution in [-0.2, 0) is 17.8 Å². The molecule has 0 aliphatic carbocycles. The van der Waals surface area contributed by atoms with Gasteiger partial charge in [0.15, 0.2) is 11.6 Å². The van der Waals surface area contributed by atoms with Crippen molar-refractivity contribution in [2.45, 2.75) is 19.4 Å². The fourth-order valence-corrected chi connectivity index (χ4v) is 1.73. The van der Waals surface area contributed by atoms with Crippen LogP contribution in [0.5, 0.6) is 0 Å². The van der Waals surface area contributed by atoms with Crippen LogP contribution in [0.25, 0.3) is 0 Å². The number of amides is 1. The summed E-state index contributed by atoms with van der Waals surface area (Å²) in [5.41, 5.74) is 0.795. The smallest absolute Gasteiger partial charge is 0.407 e. The Bertz CT molecular complexity index is 624. The number of benzene rings is 1. The Balaban J connectivity index is 1.61. The first-order valence-electron chi connectivity index (χ1n) is 6.77. The molecule has 0 fully saturated rings. The van der Waals surface area contributed by atoms with E-state index in [1.807, 2.05) is 30.3 Å². The number of aromatic nitrogens is 1. The highest BCUT2D eigenvalue weighted by atomic mass is 16.5. The molecular weight excluding hydrogens is 288 g/mol. The van der Waals surface area contributed by atoms with Gasteiger partial charge in [-0.05, 0) is 12.0 Å². The number of aryl methyl sites for hydroxylation is 1. The maximum absolute atomic E-state index is 11.5. The topological polar surface area (TPSA) is 102 Å². The maximum atomic E-state index is 11.5. The molecule has 22 heavy (non-hydrogen) atoms. The standard InChI is InChI=1S/C15H16N2O5/c18-14(19)12-10-21-13(17-12)7-4-8-16-15(20)22-9-11-5-2-1-3-6-11/h1-3,5-6,10H,4,7-9H2,(H,16,20)(H,18,19). The Kier molecular flexibility index (Phi) is 5.53. The van der Waals surface area contributed by atoms with Crippen LogP contribution >= 0.6 is 0 Å². The third kappa shape index (κ3) is 4.93. The molecule has 1 aromatic heterocycles. The average Bonchev–Trinajstić information content (AvgIpc) is 3.00. The predicted molar refractivity (Wildman–Crippen MR) is 76.4 cm³/mol. The van der Waals surface area contributed by atoms with Crippen molar-refractivity contribution < 1.29 is 23.8 Å². The highest BCUT2D eigenvalue weighted by Crippen LogP contribution is 2.04. The molecule has 116 valence electrons. The number of nitrogens with zero attached hydrogens (tertiary/aromatic N) is 1. The van der Waals surface area contributed by atoms with Crippen LogP contribution < -0.4 is 5.32 Å². The molecule has 1 heterocycles. The lowest BCUT2D eigenvalue weighted by Gasteiger charge is -2.06. The van der Waals surface area contributed by atoms with Gasteiger partial charge in [0.25, 0.3) is 0 Å². The Morgan fingerprint density at radius 2 is 2.05 bits per heavy atom. The van der Waals surface area contributed by atoms with Crippen LogP contribution in [0.4, 0.5) is 4.79 Å². The van der Waals surface area contributed by atoms with Crippen molar-refractivity contribution in [3.63, 3.8) is 0 Å². The molecule has 1 amide bonds. The average molecular weight is 304 g/mol. The molecule has 0 bridgehead atoms. The van der Waals surface area contributed by atoms with Crippen LogP contribution in [0.15, 0.2) is 41.0 Å². The summed E-state index contributed by atoms with van der Waals surface area (Å²) in [7, 11) is 0. The summed E-state index contributed by atoms with van der Waals surface area (Å²) < 4.78 is 10.1. The van der Waals surface area contributed by atoms with E-state index < -0.39 is 12.1 Å². The molecule has 7 heteroatoms. The van der Waals surface area contributed by atoms with Crippen molar-refractivity contribution in [1.29, 1.82) is 0 Å². The minimum Gasteiger partial charge on any atom is -0.476 e. The molecule has 0 aliphatic heterocycles. The largest absolute Gasteiger partial charge is 0.476 e. The molecule has 0 saturated carbocycles. The van der Waals surface area contributed by atoms with Crippen LogP contribution in [0.3, 0.4) is 0 Å². The number of oxazole rings is 1. The first-order chi connectivity index (χ1) is 10.6. The van der Waals surface area contributed by atoms with Gasteiger partial charge in [-0.1, -0.05) is 30.3 Å². The molecule has 0 radical (unpaired) electrons. The zero-order valence-electron chi connectivity index (χ0n) is 11.8. The van der Waals surface area contributed by atoms with Crippen molar-refractivity contribution >= 4 is 12.1 Å². The van der Waals surface area contributed by atoms with E-state index in [9.17, 15) is 9.59 Å². The van der Waals surface area contributed by atoms with Gasteiger partial charge in [0.1, 0.15) is 12.9 Å². The third-order valence-corrected chi connectivity index (χ3v) is 2.82. The number of hydrogen-bond acceptors (Lipinski definition) is 5. The first kappa shape index (κ1) is 15.6. The Morgan fingerprint density at radius 1 is 1.27 bits per heavy atom. The summed E-state index contributed by atoms with van der Waals surface area (Å²) in [5.74, 6) is -0.797. The Labute approximate surface area is 126 Å². The van der Waals surface area contributed by atoms with Crippen LogP contribution in [0.2, 0.25) is 0 Å². The van der Waals surface area contributed by atoms with Gasteiger partial charge in [0.05, 0.1) is 0 Å². The third-order valence-electron chi connectivity index (χ3n) is 2.82. The quantitative estimate of drug-likeness (QED) is 0.761. The van der Waals surface area contributed by atoms with Gasteiger partial charge in [-0.2, -0.15) is 0 Å². The van der Waals surface area contributed by atoms with Crippen molar-refractivity contribution in [3.05, 3.63) is 53.7 Å². The molecule has 0 unspecified atom stereocenters. The van der Waals surface area contributed by atoms with E-state index in [-0.39, 0.29) is 12.3 Å². The summed E-state index contributed by atoms with van der Waals surface area (Å²) in [6, 6.07) is 9.38. The number of carbonyl (C=O) groups is 2. The highest BCUT2D eigenvalue weighted by Gasteiger charge is 2.10. The molecule has 2 N–H and O–H groups in total. The summed E-state index contributed by atoms with van der Waals surface area (Å²) in [6.45, 7) is 0.604. The number of carbonyl (C=O) groups excluding carboxylic acids is 1. The molecule has 0 aliphatic rings. The fourth-order valence-electron chi connectivity index (χ4n) is 1.73. The zero-order chi connectivity index (χ0) is 15.8. The van der Waals surface area contributed by atoms with E-state index in [1.54, 1.807) is 0 Å². The second kappa shape index (κ2) is 7.82. The number of hydrogen-bond donors (Lipinski definition) is 2. The van der Waals surface area contributed by atoms with Crippen molar-refractivity contribution in [2.75, 3.05) is 6.54 Å². The number of alkyl carbamates (subject to hydrolysis) is 1. The molecule has 2 aromatic rings. The SMILES string of the molecule is O=C(NCCCc1nc(C(=O)O)co1)OCc1ccccc1. The van der Waals surface area contributed by atoms with Gasteiger partial charge in [-0.25, -0.2) is 14.6 Å². The van der Waals surface area contributed by atoms with Crippen LogP contribution in [-0.4, -0.2) is 28.7 Å². The van der Waals surface area contributed by atoms with Gasteiger partial charge in [-0.15, -0.1) is 0 Å². The molecular formula is C15H16N2O5. The van der Waals surface area contributed by atoms with Gasteiger partial charge in [0.2, 0.25) is 0 Å². The van der Waals surface area contributed by atoms with E-state index in [1.165, 1.54) is 0 Å². The Hall–Kier alpha value is -2.83. The van der Waals surface area contributed by atoms with Crippen molar-refractivity contribution in [1.82, 2.24) is 10.3 Å². The number of carboxylic acids is 1. The summed E-state index contributed by atoms with van der Waals surface area (Å²) in [4.78, 5) is 25.9. The second-order valence-electron chi connectivity index (χ2n) is 4.52. The van der Waals surface area contributed by atoms with E-state index in [4.69, 9.17) is 14.3 Å². The summed E-state index contributed by atoms with van der Waals surface area (Å²) in [5, 5.41) is 11.3. The second-order valence-corrected chi connectivity index (χ2v) is 4.52. The number of aromatic carboxylic acids is 1. The van der Waals surface area contributed by atoms with Crippen molar-refractivity contribution in [3.8, 4) is 0 Å². The van der Waals surface area contributed by atoms with Crippen LogP contribution in [0, 0.1) is 0 Å². The summed E-state index contributed by atoms with van der Waals surface area (Å²) in [6.07, 6.45) is 1.60. The predicted octanol–water partition coefficient (Wildman–Crippen LogP) is 2.23. The number of carboxylic acid groups (broad SMARTS) is 1. The van der Waals surface area contributed by atoms with Crippen LogP contribution in [0.1, 0.15) is 28.4 Å². The fraction of sp³-hybridized carbons (Fsp3) is 0.267. The number of ether oxygens (including phenoxy) is 1. The minimum absolute atomic E-state index is 0.120. The van der Waals surface area contributed by atoms with Gasteiger partial charge < -0.3 is 19.6 Å². The van der Waals surface area contributed by atoms with Crippen molar-refractivity contribution in [2.24, 2.45) is 0 Å². The number of rotatable bonds is 7. The van der Waals surface area contributed by atoms with Gasteiger partial charge >= 0.3 is 12.1 Å². The van der Waals surface area contributed by atoms with Gasteiger partial charge in [0, 0.05) is 13.0 Å². The first-order valence-corrected chi connectivity index (χ1v) is 6.77. The molecule has 0 spiro atoms. The number of nitrogens with one attached hydrogen (secondary N) is 1. The molecule has 0 saturated heterocycles. The minimum atomic E-state index is -1.13. The van der Waals surface area contributed by atoms with E-state index >= 15 is 0 Å². The lowest BCUT2D eigenvalue weighted by atomic mass is 10.2. The van der Waals surface area contributed by atoms with Gasteiger partial charge in [-0.3, -0.25) is 0 Å². The normalized spacial score (nSPS) is 10.2. The van der Waals surface area contributed by atoms with E-state index in [0.717, 1.165) is 11.8 Å². The zero-order valence-corrected chi connectivity index (χ0v) is 11.8. The highest BCUT2D eigenvalue weighted by molar-refractivity contribution is 5.84. The molecule has 0 atom stereocenters. The molecule has 2 rings (SSSR count). The van der Waals surface area contributed by atoms with E-state index in [2.05, 4.69) is 10.3 Å². The lowest BCUT2D eigenvalue weighted by Crippen LogP contribution is -2.25. The summed E-state index contributed by atoms with van der Waals surface area (Å²) >= 11 is 0. The molecule has 1 aromatic carbocycles. The Morgan fingerprint density at radius 3 is 2.73 bits per heavy atom. The maximum Gasteiger partial charge on any atom is 0.407 e.